The molecule has 3 rings (SSSR count). The molecule has 0 radical (unpaired) electrons. The van der Waals surface area contributed by atoms with Crippen LogP contribution in [0.3, 0.4) is 0 Å². The van der Waals surface area contributed by atoms with Gasteiger partial charge in [-0.1, -0.05) is 23.7 Å². The Kier molecular flexibility index (Phi) is 5.04. The molecule has 1 N–H and O–H groups in total. The lowest BCUT2D eigenvalue weighted by molar-refractivity contribution is -0.119. The van der Waals surface area contributed by atoms with E-state index >= 15 is 0 Å². The number of esters is 1. The van der Waals surface area contributed by atoms with Gasteiger partial charge in [0.1, 0.15) is 5.58 Å². The van der Waals surface area contributed by atoms with Gasteiger partial charge in [0.05, 0.1) is 5.39 Å². The largest absolute Gasteiger partial charge is 0.450 e. The summed E-state index contributed by atoms with van der Waals surface area (Å²) in [4.78, 5) is 36.0. The minimum absolute atomic E-state index is 0.260. The Bertz CT molecular complexity index is 1060. The van der Waals surface area contributed by atoms with Gasteiger partial charge in [-0.2, -0.15) is 0 Å². The van der Waals surface area contributed by atoms with E-state index in [4.69, 9.17) is 20.8 Å². The molecule has 1 amide bonds. The quantitative estimate of drug-likeness (QED) is 0.709. The molecule has 132 valence electrons. The van der Waals surface area contributed by atoms with Gasteiger partial charge in [-0.3, -0.25) is 9.59 Å². The monoisotopic (exact) mass is 371 g/mol. The number of carbonyl (C=O) groups is 2. The molecule has 0 aliphatic heterocycles. The first kappa shape index (κ1) is 17.7. The summed E-state index contributed by atoms with van der Waals surface area (Å²) >= 11 is 5.86. The molecule has 26 heavy (non-hydrogen) atoms. The summed E-state index contributed by atoms with van der Waals surface area (Å²) in [7, 11) is 0. The second-order valence-electron chi connectivity index (χ2n) is 5.55. The smallest absolute Gasteiger partial charge is 0.374 e. The Labute approximate surface area is 153 Å². The number of hydrogen-bond donors (Lipinski definition) is 1. The summed E-state index contributed by atoms with van der Waals surface area (Å²) in [6, 6.07) is 12.6. The van der Waals surface area contributed by atoms with E-state index in [1.54, 1.807) is 49.4 Å². The summed E-state index contributed by atoms with van der Waals surface area (Å²) < 4.78 is 10.3. The van der Waals surface area contributed by atoms with Gasteiger partial charge in [0.2, 0.25) is 5.76 Å². The van der Waals surface area contributed by atoms with E-state index in [0.717, 1.165) is 11.6 Å². The number of nitrogens with one attached hydrogen (secondary N) is 1. The van der Waals surface area contributed by atoms with Crippen LogP contribution in [0.2, 0.25) is 5.02 Å². The Morgan fingerprint density at radius 2 is 1.92 bits per heavy atom. The van der Waals surface area contributed by atoms with E-state index in [2.05, 4.69) is 5.32 Å². The maximum Gasteiger partial charge on any atom is 0.374 e. The predicted octanol–water partition coefficient (Wildman–Crippen LogP) is 3.55. The van der Waals surface area contributed by atoms with E-state index in [-0.39, 0.29) is 16.8 Å². The second kappa shape index (κ2) is 7.41. The third-order valence-electron chi connectivity index (χ3n) is 3.63. The third-order valence-corrected chi connectivity index (χ3v) is 3.87. The van der Waals surface area contributed by atoms with Crippen LogP contribution in [0.25, 0.3) is 11.0 Å². The van der Waals surface area contributed by atoms with Crippen molar-refractivity contribution < 1.29 is 18.7 Å². The lowest BCUT2D eigenvalue weighted by Gasteiger charge is -2.09. The Balaban J connectivity index is 1.67. The van der Waals surface area contributed by atoms with Crippen molar-refractivity contribution in [2.24, 2.45) is 0 Å². The van der Waals surface area contributed by atoms with Crippen LogP contribution in [0.5, 0.6) is 0 Å². The maximum absolute atomic E-state index is 12.1. The van der Waals surface area contributed by atoms with Gasteiger partial charge < -0.3 is 14.5 Å². The van der Waals surface area contributed by atoms with Gasteiger partial charge >= 0.3 is 5.97 Å². The number of fused-ring (bicyclic) bond motifs is 1. The summed E-state index contributed by atoms with van der Waals surface area (Å²) in [6.07, 6.45) is 0. The molecule has 0 unspecified atom stereocenters. The normalized spacial score (nSPS) is 10.5. The first-order valence-electron chi connectivity index (χ1n) is 7.70. The fourth-order valence-electron chi connectivity index (χ4n) is 2.36. The zero-order chi connectivity index (χ0) is 18.7. The van der Waals surface area contributed by atoms with Crippen LogP contribution >= 0.6 is 11.6 Å². The molecular formula is C19H14ClNO5. The molecule has 7 heteroatoms. The Morgan fingerprint density at radius 1 is 1.15 bits per heavy atom. The van der Waals surface area contributed by atoms with Crippen molar-refractivity contribution in [3.05, 3.63) is 75.1 Å². The number of ether oxygens (including phenoxy) is 1. The van der Waals surface area contributed by atoms with Crippen molar-refractivity contribution in [1.82, 2.24) is 0 Å². The third kappa shape index (κ3) is 3.92. The van der Waals surface area contributed by atoms with Gasteiger partial charge in [0.15, 0.2) is 12.0 Å². The van der Waals surface area contributed by atoms with E-state index in [1.165, 1.54) is 0 Å². The molecule has 0 saturated heterocycles. The molecular weight excluding hydrogens is 358 g/mol. The minimum Gasteiger partial charge on any atom is -0.450 e. The van der Waals surface area contributed by atoms with E-state index in [9.17, 15) is 14.4 Å². The van der Waals surface area contributed by atoms with Crippen LogP contribution in [0.1, 0.15) is 16.1 Å². The van der Waals surface area contributed by atoms with Crippen LogP contribution < -0.4 is 10.7 Å². The summed E-state index contributed by atoms with van der Waals surface area (Å²) in [5.41, 5.74) is 1.25. The summed E-state index contributed by atoms with van der Waals surface area (Å²) in [5, 5.41) is 3.53. The molecule has 0 aliphatic rings. The highest BCUT2D eigenvalue weighted by atomic mass is 35.5. The molecule has 0 saturated carbocycles. The van der Waals surface area contributed by atoms with Crippen LogP contribution in [-0.2, 0) is 9.53 Å². The SMILES string of the molecule is Cc1cc(Cl)ccc1NC(=O)COC(=O)c1cc(=O)c2ccccc2o1. The molecule has 2 aromatic carbocycles. The average molecular weight is 372 g/mol. The summed E-state index contributed by atoms with van der Waals surface area (Å²) in [5.74, 6) is -1.67. The van der Waals surface area contributed by atoms with Crippen molar-refractivity contribution in [3.8, 4) is 0 Å². The van der Waals surface area contributed by atoms with Gasteiger partial charge in [0.25, 0.3) is 5.91 Å². The maximum atomic E-state index is 12.1. The van der Waals surface area contributed by atoms with Gasteiger partial charge in [-0.25, -0.2) is 4.79 Å². The highest BCUT2D eigenvalue weighted by Crippen LogP contribution is 2.19. The van der Waals surface area contributed by atoms with Crippen molar-refractivity contribution in [2.75, 3.05) is 11.9 Å². The molecule has 1 aromatic heterocycles. The van der Waals surface area contributed by atoms with Gasteiger partial charge in [0, 0.05) is 16.8 Å². The van der Waals surface area contributed by atoms with Crippen molar-refractivity contribution in [2.45, 2.75) is 6.92 Å². The molecule has 6 nitrogen and oxygen atoms in total. The highest BCUT2D eigenvalue weighted by Gasteiger charge is 2.15. The predicted molar refractivity (Wildman–Crippen MR) is 97.6 cm³/mol. The second-order valence-corrected chi connectivity index (χ2v) is 5.99. The molecule has 0 spiro atoms. The number of rotatable bonds is 4. The van der Waals surface area contributed by atoms with Crippen molar-refractivity contribution >= 4 is 40.1 Å². The van der Waals surface area contributed by atoms with Crippen LogP contribution in [0, 0.1) is 6.92 Å². The lowest BCUT2D eigenvalue weighted by Crippen LogP contribution is -2.21. The van der Waals surface area contributed by atoms with Crippen molar-refractivity contribution in [1.29, 1.82) is 0 Å². The topological polar surface area (TPSA) is 85.6 Å². The van der Waals surface area contributed by atoms with E-state index in [1.807, 2.05) is 0 Å². The van der Waals surface area contributed by atoms with Crippen LogP contribution in [0.15, 0.2) is 57.7 Å². The van der Waals surface area contributed by atoms with Crippen LogP contribution in [0.4, 0.5) is 5.69 Å². The van der Waals surface area contributed by atoms with Crippen LogP contribution in [-0.4, -0.2) is 18.5 Å². The van der Waals surface area contributed by atoms with Gasteiger partial charge in [-0.15, -0.1) is 0 Å². The van der Waals surface area contributed by atoms with Gasteiger partial charge in [-0.05, 0) is 42.8 Å². The molecule has 1 heterocycles. The number of anilines is 1. The minimum atomic E-state index is -0.893. The molecule has 0 atom stereocenters. The molecule has 0 aliphatic carbocycles. The average Bonchev–Trinajstić information content (AvgIpc) is 2.62. The molecule has 3 aromatic rings. The van der Waals surface area contributed by atoms with E-state index < -0.39 is 18.5 Å². The standard InChI is InChI=1S/C19H14ClNO5/c1-11-8-12(20)6-7-14(11)21-18(23)10-25-19(24)17-9-15(22)13-4-2-3-5-16(13)26-17/h2-9H,10H2,1H3,(H,21,23). The Morgan fingerprint density at radius 3 is 2.69 bits per heavy atom. The zero-order valence-electron chi connectivity index (χ0n) is 13.7. The Hall–Kier alpha value is -3.12. The lowest BCUT2D eigenvalue weighted by atomic mass is 10.2. The molecule has 0 bridgehead atoms. The number of aryl methyl sites for hydroxylation is 1. The number of carbonyl (C=O) groups excluding carboxylic acids is 2. The summed E-state index contributed by atoms with van der Waals surface area (Å²) in [6.45, 7) is 1.27. The number of amides is 1. The number of hydrogen-bond acceptors (Lipinski definition) is 5. The number of halogens is 1. The fraction of sp³-hybridized carbons (Fsp3) is 0.105. The zero-order valence-corrected chi connectivity index (χ0v) is 14.5. The fourth-order valence-corrected chi connectivity index (χ4v) is 2.59. The first-order valence-corrected chi connectivity index (χ1v) is 8.08. The van der Waals surface area contributed by atoms with Crippen molar-refractivity contribution in [3.63, 3.8) is 0 Å². The number of benzene rings is 2. The molecule has 0 fully saturated rings. The number of para-hydroxylation sites is 1. The highest BCUT2D eigenvalue weighted by molar-refractivity contribution is 6.30. The first-order chi connectivity index (χ1) is 12.4. The van der Waals surface area contributed by atoms with E-state index in [0.29, 0.717) is 16.1 Å².